The van der Waals surface area contributed by atoms with E-state index in [4.69, 9.17) is 14.9 Å². The third-order valence-corrected chi connectivity index (χ3v) is 4.39. The maximum atomic E-state index is 9.10. The molecular formula is C17H32O3. The molecule has 1 fully saturated rings. The molecule has 0 bridgehead atoms. The van der Waals surface area contributed by atoms with Crippen molar-refractivity contribution in [3.05, 3.63) is 12.2 Å². The van der Waals surface area contributed by atoms with Gasteiger partial charge in [-0.3, -0.25) is 0 Å². The van der Waals surface area contributed by atoms with Crippen LogP contribution in [0.3, 0.4) is 0 Å². The zero-order chi connectivity index (χ0) is 15.0. The van der Waals surface area contributed by atoms with E-state index in [0.717, 1.165) is 32.1 Å². The van der Waals surface area contributed by atoms with E-state index in [0.29, 0.717) is 18.3 Å². The fourth-order valence-electron chi connectivity index (χ4n) is 3.14. The molecule has 1 N–H and O–H groups in total. The molecule has 1 saturated heterocycles. The number of aliphatic hydroxyl groups is 1. The summed E-state index contributed by atoms with van der Waals surface area (Å²) in [5, 5.41) is 9.10. The Morgan fingerprint density at radius 2 is 2.10 bits per heavy atom. The fraction of sp³-hybridized carbons (Fsp3) is 0.882. The second kappa shape index (κ2) is 8.81. The predicted molar refractivity (Wildman–Crippen MR) is 82.3 cm³/mol. The second-order valence-corrected chi connectivity index (χ2v) is 6.26. The Hall–Kier alpha value is -0.380. The summed E-state index contributed by atoms with van der Waals surface area (Å²) in [5.41, 5.74) is -0.203. The summed E-state index contributed by atoms with van der Waals surface area (Å²) < 4.78 is 0. The minimum absolute atomic E-state index is 0.0457. The third-order valence-electron chi connectivity index (χ3n) is 4.39. The van der Waals surface area contributed by atoms with Crippen LogP contribution in [-0.4, -0.2) is 23.4 Å². The Balaban J connectivity index is 2.62. The van der Waals surface area contributed by atoms with E-state index < -0.39 is 0 Å². The smallest absolute Gasteiger partial charge is 0.102 e. The number of hydrogen-bond donors (Lipinski definition) is 1. The number of aliphatic hydroxyl groups excluding tert-OH is 1. The van der Waals surface area contributed by atoms with Gasteiger partial charge in [-0.25, -0.2) is 9.78 Å². The van der Waals surface area contributed by atoms with Crippen LogP contribution < -0.4 is 0 Å². The van der Waals surface area contributed by atoms with Crippen molar-refractivity contribution in [3.63, 3.8) is 0 Å². The number of hydrogen-bond acceptors (Lipinski definition) is 3. The molecule has 0 aliphatic carbocycles. The molecule has 118 valence electrons. The van der Waals surface area contributed by atoms with Crippen LogP contribution in [0.4, 0.5) is 0 Å². The molecular weight excluding hydrogens is 252 g/mol. The van der Waals surface area contributed by atoms with E-state index in [2.05, 4.69) is 39.8 Å². The van der Waals surface area contributed by atoms with Crippen molar-refractivity contribution in [3.8, 4) is 0 Å². The Morgan fingerprint density at radius 3 is 2.65 bits per heavy atom. The summed E-state index contributed by atoms with van der Waals surface area (Å²) >= 11 is 0. The van der Waals surface area contributed by atoms with Crippen LogP contribution in [0, 0.1) is 11.8 Å². The van der Waals surface area contributed by atoms with Crippen molar-refractivity contribution < 1.29 is 14.9 Å². The maximum Gasteiger partial charge on any atom is 0.102 e. The SMILES string of the molecule is CC/C=C/[C@@H](CC)C[C@@]1(C)C[C@@H](CC)[C@@H](CCO)OO1. The minimum atomic E-state index is -0.203. The van der Waals surface area contributed by atoms with Crippen LogP contribution in [0.15, 0.2) is 12.2 Å². The van der Waals surface area contributed by atoms with Gasteiger partial charge in [-0.05, 0) is 44.4 Å². The van der Waals surface area contributed by atoms with Gasteiger partial charge >= 0.3 is 0 Å². The molecule has 0 aromatic rings. The quantitative estimate of drug-likeness (QED) is 0.535. The molecule has 1 heterocycles. The third kappa shape index (κ3) is 5.19. The summed E-state index contributed by atoms with van der Waals surface area (Å²) in [4.78, 5) is 11.3. The zero-order valence-electron chi connectivity index (χ0n) is 13.6. The van der Waals surface area contributed by atoms with Crippen molar-refractivity contribution in [1.29, 1.82) is 0 Å². The first-order valence-electron chi connectivity index (χ1n) is 8.20. The van der Waals surface area contributed by atoms with Crippen molar-refractivity contribution in [2.24, 2.45) is 11.8 Å². The van der Waals surface area contributed by atoms with E-state index in [1.54, 1.807) is 0 Å². The lowest BCUT2D eigenvalue weighted by Gasteiger charge is -2.42. The van der Waals surface area contributed by atoms with E-state index in [-0.39, 0.29) is 18.3 Å². The van der Waals surface area contributed by atoms with Gasteiger partial charge in [0.1, 0.15) is 5.60 Å². The van der Waals surface area contributed by atoms with Gasteiger partial charge in [-0.15, -0.1) is 0 Å². The van der Waals surface area contributed by atoms with Crippen LogP contribution in [0.5, 0.6) is 0 Å². The highest BCUT2D eigenvalue weighted by Crippen LogP contribution is 2.38. The molecule has 0 saturated carbocycles. The summed E-state index contributed by atoms with van der Waals surface area (Å²) in [7, 11) is 0. The lowest BCUT2D eigenvalue weighted by molar-refractivity contribution is -0.420. The Morgan fingerprint density at radius 1 is 1.35 bits per heavy atom. The van der Waals surface area contributed by atoms with E-state index in [1.807, 2.05) is 0 Å². The molecule has 1 aliphatic rings. The average Bonchev–Trinajstić information content (AvgIpc) is 2.45. The van der Waals surface area contributed by atoms with E-state index in [1.165, 1.54) is 0 Å². The monoisotopic (exact) mass is 284 g/mol. The van der Waals surface area contributed by atoms with Crippen LogP contribution in [0.25, 0.3) is 0 Å². The normalized spacial score (nSPS) is 32.6. The molecule has 3 nitrogen and oxygen atoms in total. The van der Waals surface area contributed by atoms with Gasteiger partial charge in [0.05, 0.1) is 6.10 Å². The van der Waals surface area contributed by atoms with Crippen LogP contribution in [-0.2, 0) is 9.78 Å². The van der Waals surface area contributed by atoms with Gasteiger partial charge in [-0.2, -0.15) is 0 Å². The lowest BCUT2D eigenvalue weighted by Crippen LogP contribution is -2.44. The highest BCUT2D eigenvalue weighted by molar-refractivity contribution is 4.93. The zero-order valence-corrected chi connectivity index (χ0v) is 13.6. The van der Waals surface area contributed by atoms with Gasteiger partial charge in [0.25, 0.3) is 0 Å². The summed E-state index contributed by atoms with van der Waals surface area (Å²) in [6.07, 6.45) is 10.6. The van der Waals surface area contributed by atoms with Gasteiger partial charge in [0, 0.05) is 13.0 Å². The Labute approximate surface area is 124 Å². The lowest BCUT2D eigenvalue weighted by atomic mass is 9.79. The molecule has 20 heavy (non-hydrogen) atoms. The largest absolute Gasteiger partial charge is 0.396 e. The molecule has 0 amide bonds. The summed E-state index contributed by atoms with van der Waals surface area (Å²) in [5.74, 6) is 1.03. The number of allylic oxidation sites excluding steroid dienone is 2. The van der Waals surface area contributed by atoms with Gasteiger partial charge < -0.3 is 5.11 Å². The Kier molecular flexibility index (Phi) is 7.78. The Bertz CT molecular complexity index is 290. The molecule has 0 unspecified atom stereocenters. The van der Waals surface area contributed by atoms with Crippen LogP contribution >= 0.6 is 0 Å². The van der Waals surface area contributed by atoms with Crippen molar-refractivity contribution in [2.45, 2.75) is 77.9 Å². The van der Waals surface area contributed by atoms with Gasteiger partial charge in [0.2, 0.25) is 0 Å². The van der Waals surface area contributed by atoms with Crippen molar-refractivity contribution in [1.82, 2.24) is 0 Å². The fourth-order valence-corrected chi connectivity index (χ4v) is 3.14. The molecule has 0 spiro atoms. The molecule has 3 heteroatoms. The van der Waals surface area contributed by atoms with Gasteiger partial charge in [-0.1, -0.05) is 39.3 Å². The van der Waals surface area contributed by atoms with Crippen molar-refractivity contribution >= 4 is 0 Å². The van der Waals surface area contributed by atoms with Crippen LogP contribution in [0.2, 0.25) is 0 Å². The maximum absolute atomic E-state index is 9.10. The van der Waals surface area contributed by atoms with Gasteiger partial charge in [0.15, 0.2) is 0 Å². The van der Waals surface area contributed by atoms with Crippen molar-refractivity contribution in [2.75, 3.05) is 6.61 Å². The van der Waals surface area contributed by atoms with E-state index in [9.17, 15) is 0 Å². The molecule has 0 radical (unpaired) electrons. The summed E-state index contributed by atoms with van der Waals surface area (Å²) in [6, 6.07) is 0. The van der Waals surface area contributed by atoms with E-state index >= 15 is 0 Å². The van der Waals surface area contributed by atoms with Crippen LogP contribution in [0.1, 0.15) is 66.2 Å². The molecule has 4 atom stereocenters. The molecule has 0 aromatic carbocycles. The first-order valence-corrected chi connectivity index (χ1v) is 8.20. The highest BCUT2D eigenvalue weighted by atomic mass is 17.2. The molecule has 1 rings (SSSR count). The summed E-state index contributed by atoms with van der Waals surface area (Å²) in [6.45, 7) is 8.91. The average molecular weight is 284 g/mol. The highest BCUT2D eigenvalue weighted by Gasteiger charge is 2.40. The number of rotatable bonds is 8. The molecule has 0 aromatic heterocycles. The first-order chi connectivity index (χ1) is 9.58. The topological polar surface area (TPSA) is 38.7 Å². The second-order valence-electron chi connectivity index (χ2n) is 6.26. The standard InChI is InChI=1S/C17H32O3/c1-5-8-9-14(6-2)12-17(4)13-15(7-3)16(10-11-18)19-20-17/h8-9,14-16,18H,5-7,10-13H2,1-4H3/b9-8+/t14-,15-,16-,17+/m1/s1. The predicted octanol–water partition coefficient (Wildman–Crippen LogP) is 4.26. The first kappa shape index (κ1) is 17.7. The molecule has 1 aliphatic heterocycles. The minimum Gasteiger partial charge on any atom is -0.396 e.